The minimum absolute atomic E-state index is 0.0809. The van der Waals surface area contributed by atoms with Crippen molar-refractivity contribution in [1.29, 1.82) is 0 Å². The van der Waals surface area contributed by atoms with Crippen LogP contribution in [0.25, 0.3) is 10.9 Å². The largest absolute Gasteiger partial charge is 0.464 e. The summed E-state index contributed by atoms with van der Waals surface area (Å²) in [6, 6.07) is 18.4. The Morgan fingerprint density at radius 3 is 2.32 bits per heavy atom. The fourth-order valence-corrected chi connectivity index (χ4v) is 5.79. The zero-order chi connectivity index (χ0) is 25.6. The summed E-state index contributed by atoms with van der Waals surface area (Å²) in [6.45, 7) is 6.41. The Kier molecular flexibility index (Phi) is 8.09. The normalized spacial score (nSPS) is 18.0. The molecule has 3 heterocycles. The van der Waals surface area contributed by atoms with Crippen LogP contribution < -0.4 is 4.90 Å². The number of benzene rings is 2. The third kappa shape index (κ3) is 5.82. The lowest BCUT2D eigenvalue weighted by atomic mass is 9.93. The quantitative estimate of drug-likeness (QED) is 0.476. The van der Waals surface area contributed by atoms with Crippen LogP contribution >= 0.6 is 0 Å². The number of likely N-dealkylation sites (tertiary alicyclic amines) is 1. The minimum atomic E-state index is -0.352. The number of methoxy groups -OCH3 is 1. The highest BCUT2D eigenvalue weighted by molar-refractivity contribution is 6.00. The maximum absolute atomic E-state index is 13.6. The van der Waals surface area contributed by atoms with Crippen LogP contribution in [0.2, 0.25) is 0 Å². The Labute approximate surface area is 219 Å². The first-order valence-electron chi connectivity index (χ1n) is 13.6. The Bertz CT molecular complexity index is 1190. The third-order valence-electron chi connectivity index (χ3n) is 7.91. The van der Waals surface area contributed by atoms with Gasteiger partial charge in [-0.25, -0.2) is 4.79 Å². The smallest absolute Gasteiger partial charge is 0.354 e. The summed E-state index contributed by atoms with van der Waals surface area (Å²) in [6.07, 6.45) is 5.53. The number of carbonyl (C=O) groups is 2. The average molecular weight is 503 g/mol. The van der Waals surface area contributed by atoms with Gasteiger partial charge in [-0.05, 0) is 49.6 Å². The van der Waals surface area contributed by atoms with Gasteiger partial charge in [0.05, 0.1) is 13.0 Å². The summed E-state index contributed by atoms with van der Waals surface area (Å²) in [5, 5.41) is 1.04. The zero-order valence-electron chi connectivity index (χ0n) is 21.8. The summed E-state index contributed by atoms with van der Waals surface area (Å²) >= 11 is 0. The average Bonchev–Trinajstić information content (AvgIpc) is 3.20. The van der Waals surface area contributed by atoms with Gasteiger partial charge >= 0.3 is 5.97 Å². The molecule has 2 aliphatic heterocycles. The van der Waals surface area contributed by atoms with Crippen molar-refractivity contribution in [2.75, 3.05) is 57.8 Å². The van der Waals surface area contributed by atoms with E-state index in [1.807, 2.05) is 36.4 Å². The van der Waals surface area contributed by atoms with Crippen LogP contribution in [-0.4, -0.2) is 79.6 Å². The van der Waals surface area contributed by atoms with Gasteiger partial charge in [-0.2, -0.15) is 0 Å². The second-order valence-electron chi connectivity index (χ2n) is 10.2. The van der Waals surface area contributed by atoms with Crippen molar-refractivity contribution in [2.45, 2.75) is 38.0 Å². The van der Waals surface area contributed by atoms with Crippen LogP contribution in [-0.2, 0) is 9.53 Å². The fourth-order valence-electron chi connectivity index (χ4n) is 5.79. The molecule has 5 rings (SSSR count). The first-order chi connectivity index (χ1) is 18.1. The first kappa shape index (κ1) is 25.3. The van der Waals surface area contributed by atoms with Crippen molar-refractivity contribution in [1.82, 2.24) is 14.8 Å². The van der Waals surface area contributed by atoms with Crippen molar-refractivity contribution in [3.8, 4) is 0 Å². The molecule has 2 fully saturated rings. The summed E-state index contributed by atoms with van der Waals surface area (Å²) in [5.74, 6) is -0.135. The van der Waals surface area contributed by atoms with Crippen molar-refractivity contribution >= 4 is 28.5 Å². The summed E-state index contributed by atoms with van der Waals surface area (Å²) in [5.41, 5.74) is 3.70. The summed E-state index contributed by atoms with van der Waals surface area (Å²) in [7, 11) is 1.40. The molecule has 0 saturated carbocycles. The van der Waals surface area contributed by atoms with E-state index < -0.39 is 0 Å². The summed E-state index contributed by atoms with van der Waals surface area (Å²) in [4.78, 5) is 35.8. The number of nitrogens with one attached hydrogen (secondary N) is 1. The van der Waals surface area contributed by atoms with Gasteiger partial charge in [0.25, 0.3) is 0 Å². The molecular weight excluding hydrogens is 464 g/mol. The number of esters is 1. The fraction of sp³-hybridized carbons (Fsp3) is 0.467. The van der Waals surface area contributed by atoms with Gasteiger partial charge < -0.3 is 19.5 Å². The molecule has 37 heavy (non-hydrogen) atoms. The van der Waals surface area contributed by atoms with Gasteiger partial charge in [0.15, 0.2) is 0 Å². The monoisotopic (exact) mass is 502 g/mol. The highest BCUT2D eigenvalue weighted by atomic mass is 16.5. The molecular formula is C30H38N4O3. The van der Waals surface area contributed by atoms with E-state index in [2.05, 4.69) is 37.9 Å². The molecule has 0 unspecified atom stereocenters. The van der Waals surface area contributed by atoms with Crippen LogP contribution in [0.3, 0.4) is 0 Å². The van der Waals surface area contributed by atoms with Crippen molar-refractivity contribution in [3.05, 3.63) is 65.9 Å². The molecule has 0 bridgehead atoms. The lowest BCUT2D eigenvalue weighted by molar-refractivity contribution is -0.133. The number of rotatable bonds is 7. The maximum atomic E-state index is 13.6. The molecule has 2 aliphatic rings. The molecule has 0 aliphatic carbocycles. The minimum Gasteiger partial charge on any atom is -0.464 e. The van der Waals surface area contributed by atoms with E-state index in [1.54, 1.807) is 0 Å². The number of H-pyrrole nitrogens is 1. The zero-order valence-corrected chi connectivity index (χ0v) is 21.8. The number of hydrogen-bond acceptors (Lipinski definition) is 5. The molecule has 1 amide bonds. The Morgan fingerprint density at radius 1 is 0.892 bits per heavy atom. The van der Waals surface area contributed by atoms with Crippen molar-refractivity contribution in [2.24, 2.45) is 0 Å². The van der Waals surface area contributed by atoms with E-state index in [0.717, 1.165) is 87.2 Å². The third-order valence-corrected chi connectivity index (χ3v) is 7.91. The van der Waals surface area contributed by atoms with E-state index in [1.165, 1.54) is 20.0 Å². The number of nitrogens with zero attached hydrogens (tertiary/aromatic N) is 3. The van der Waals surface area contributed by atoms with Gasteiger partial charge in [-0.15, -0.1) is 0 Å². The highest BCUT2D eigenvalue weighted by Gasteiger charge is 2.28. The predicted molar refractivity (Wildman–Crippen MR) is 147 cm³/mol. The number of piperazine rings is 1. The lowest BCUT2D eigenvalue weighted by Crippen LogP contribution is -2.47. The summed E-state index contributed by atoms with van der Waals surface area (Å²) < 4.78 is 4.89. The number of ether oxygens (including phenoxy) is 1. The van der Waals surface area contributed by atoms with Crippen LogP contribution in [0.4, 0.5) is 5.69 Å². The van der Waals surface area contributed by atoms with E-state index in [4.69, 9.17) is 4.74 Å². The van der Waals surface area contributed by atoms with Gasteiger partial charge in [0.1, 0.15) is 5.69 Å². The SMILES string of the molecule is COC(=O)c1cc2c(N3CCN(CC[C@H](C(=O)N4CCCCCC4)c4ccccc4)CC3)cccc2[nH]1. The van der Waals surface area contributed by atoms with Crippen LogP contribution in [0.15, 0.2) is 54.6 Å². The number of anilines is 1. The Hall–Kier alpha value is -3.32. The molecule has 1 atom stereocenters. The van der Waals surface area contributed by atoms with Gasteiger partial charge in [0.2, 0.25) is 5.91 Å². The predicted octanol–water partition coefficient (Wildman–Crippen LogP) is 4.65. The first-order valence-corrected chi connectivity index (χ1v) is 13.6. The van der Waals surface area contributed by atoms with Gasteiger partial charge in [-0.3, -0.25) is 9.69 Å². The van der Waals surface area contributed by atoms with Crippen molar-refractivity contribution < 1.29 is 14.3 Å². The molecule has 7 nitrogen and oxygen atoms in total. The number of aromatic amines is 1. The second-order valence-corrected chi connectivity index (χ2v) is 10.2. The van der Waals surface area contributed by atoms with Crippen LogP contribution in [0.1, 0.15) is 54.1 Å². The standard InChI is InChI=1S/C30H38N4O3/c1-37-30(36)27-22-25-26(31-27)12-9-13-28(25)33-20-18-32(19-21-33)17-14-24(23-10-5-4-6-11-23)29(35)34-15-7-2-3-8-16-34/h4-6,9-13,22,24,31H,2-3,7-8,14-21H2,1H3/t24-/m0/s1. The highest BCUT2D eigenvalue weighted by Crippen LogP contribution is 2.29. The molecule has 7 heteroatoms. The lowest BCUT2D eigenvalue weighted by Gasteiger charge is -2.37. The molecule has 2 aromatic carbocycles. The molecule has 2 saturated heterocycles. The van der Waals surface area contributed by atoms with Gasteiger partial charge in [-0.1, -0.05) is 49.2 Å². The topological polar surface area (TPSA) is 68.9 Å². The Morgan fingerprint density at radius 2 is 1.62 bits per heavy atom. The maximum Gasteiger partial charge on any atom is 0.354 e. The van der Waals surface area contributed by atoms with E-state index >= 15 is 0 Å². The molecule has 0 radical (unpaired) electrons. The molecule has 196 valence electrons. The number of fused-ring (bicyclic) bond motifs is 1. The molecule has 0 spiro atoms. The van der Waals surface area contributed by atoms with Crippen molar-refractivity contribution in [3.63, 3.8) is 0 Å². The van der Waals surface area contributed by atoms with E-state index in [-0.39, 0.29) is 11.9 Å². The van der Waals surface area contributed by atoms with Crippen LogP contribution in [0, 0.1) is 0 Å². The molecule has 1 aromatic heterocycles. The molecule has 3 aromatic rings. The van der Waals surface area contributed by atoms with Gasteiger partial charge in [0, 0.05) is 55.9 Å². The number of amides is 1. The molecule has 1 N–H and O–H groups in total. The van der Waals surface area contributed by atoms with E-state index in [0.29, 0.717) is 11.6 Å². The second kappa shape index (κ2) is 11.8. The van der Waals surface area contributed by atoms with Crippen LogP contribution in [0.5, 0.6) is 0 Å². The van der Waals surface area contributed by atoms with E-state index in [9.17, 15) is 9.59 Å². The number of aromatic nitrogens is 1. The number of hydrogen-bond donors (Lipinski definition) is 1. The Balaban J connectivity index is 1.23. The number of carbonyl (C=O) groups excluding carboxylic acids is 2.